The Kier molecular flexibility index (Phi) is 6.26. The second-order valence-electron chi connectivity index (χ2n) is 8.92. The van der Waals surface area contributed by atoms with Crippen LogP contribution < -0.4 is 9.64 Å². The predicted octanol–water partition coefficient (Wildman–Crippen LogP) is 4.37. The minimum atomic E-state index is -0.400. The summed E-state index contributed by atoms with van der Waals surface area (Å²) in [6.07, 6.45) is 3.28. The van der Waals surface area contributed by atoms with Gasteiger partial charge in [-0.3, -0.25) is 4.79 Å². The Labute approximate surface area is 193 Å². The van der Waals surface area contributed by atoms with Gasteiger partial charge in [-0.25, -0.2) is 19.3 Å². The number of pyridine rings is 1. The summed E-state index contributed by atoms with van der Waals surface area (Å²) < 4.78 is 19.1. The zero-order valence-corrected chi connectivity index (χ0v) is 19.4. The number of aromatic nitrogens is 3. The Morgan fingerprint density at radius 3 is 2.76 bits per heavy atom. The molecule has 1 amide bonds. The van der Waals surface area contributed by atoms with Gasteiger partial charge in [0.05, 0.1) is 0 Å². The predicted molar refractivity (Wildman–Crippen MR) is 124 cm³/mol. The number of amides is 1. The van der Waals surface area contributed by atoms with E-state index in [9.17, 15) is 9.18 Å². The molecule has 33 heavy (non-hydrogen) atoms. The molecule has 4 rings (SSSR count). The molecule has 3 heterocycles. The van der Waals surface area contributed by atoms with Crippen molar-refractivity contribution < 1.29 is 13.9 Å². The topological polar surface area (TPSA) is 71.5 Å². The molecule has 0 bridgehead atoms. The lowest BCUT2D eigenvalue weighted by atomic mass is 9.80. The van der Waals surface area contributed by atoms with E-state index in [-0.39, 0.29) is 17.2 Å². The van der Waals surface area contributed by atoms with E-state index in [0.717, 1.165) is 30.2 Å². The molecule has 8 heteroatoms. The first-order chi connectivity index (χ1) is 15.7. The molecule has 0 aliphatic carbocycles. The van der Waals surface area contributed by atoms with E-state index >= 15 is 0 Å². The van der Waals surface area contributed by atoms with E-state index in [1.807, 2.05) is 36.9 Å². The molecule has 1 aliphatic rings. The van der Waals surface area contributed by atoms with Gasteiger partial charge in [-0.1, -0.05) is 13.0 Å². The van der Waals surface area contributed by atoms with Crippen molar-refractivity contribution in [3.8, 4) is 11.6 Å². The van der Waals surface area contributed by atoms with Crippen LogP contribution in [0.5, 0.6) is 11.6 Å². The second-order valence-corrected chi connectivity index (χ2v) is 8.92. The van der Waals surface area contributed by atoms with E-state index in [1.165, 1.54) is 18.3 Å². The third kappa shape index (κ3) is 5.10. The minimum Gasteiger partial charge on any atom is -0.439 e. The van der Waals surface area contributed by atoms with Crippen LogP contribution >= 0.6 is 0 Å². The van der Waals surface area contributed by atoms with Crippen LogP contribution in [-0.2, 0) is 5.41 Å². The van der Waals surface area contributed by atoms with Crippen LogP contribution in [0.4, 0.5) is 10.2 Å². The second kappa shape index (κ2) is 9.13. The van der Waals surface area contributed by atoms with Crippen molar-refractivity contribution in [3.63, 3.8) is 0 Å². The van der Waals surface area contributed by atoms with Crippen molar-refractivity contribution in [3.05, 3.63) is 71.6 Å². The van der Waals surface area contributed by atoms with E-state index in [2.05, 4.69) is 11.9 Å². The van der Waals surface area contributed by atoms with Gasteiger partial charge in [-0.2, -0.15) is 0 Å². The van der Waals surface area contributed by atoms with Crippen LogP contribution in [0.15, 0.2) is 48.7 Å². The highest BCUT2D eigenvalue weighted by molar-refractivity contribution is 5.94. The number of piperidine rings is 1. The minimum absolute atomic E-state index is 0.104. The van der Waals surface area contributed by atoms with Gasteiger partial charge in [0.1, 0.15) is 23.2 Å². The van der Waals surface area contributed by atoms with Crippen molar-refractivity contribution in [1.29, 1.82) is 0 Å². The first-order valence-electron chi connectivity index (χ1n) is 11.0. The van der Waals surface area contributed by atoms with Gasteiger partial charge in [0.15, 0.2) is 0 Å². The lowest BCUT2D eigenvalue weighted by molar-refractivity contribution is 0.0643. The molecular weight excluding hydrogens is 421 g/mol. The monoisotopic (exact) mass is 449 g/mol. The van der Waals surface area contributed by atoms with Gasteiger partial charge in [-0.15, -0.1) is 0 Å². The molecule has 1 atom stereocenters. The number of ether oxygens (including phenoxy) is 1. The number of likely N-dealkylation sites (tertiary alicyclic amines) is 1. The molecule has 1 saturated heterocycles. The van der Waals surface area contributed by atoms with Crippen molar-refractivity contribution in [2.24, 2.45) is 0 Å². The zero-order chi connectivity index (χ0) is 23.6. The standard InChI is InChI=1S/C25H28FN5O2/c1-17-13-21(30(3)4)29-24(28-17)25(2)10-6-12-31(16-25)23(32)18-9-11-27-22(14-18)33-20-8-5-7-19(26)15-20/h5,7-9,11,13-15H,6,10,12,16H2,1-4H3/t25-/m0/s1. The molecule has 0 N–H and O–H groups in total. The van der Waals surface area contributed by atoms with Gasteiger partial charge in [-0.05, 0) is 38.0 Å². The van der Waals surface area contributed by atoms with Crippen LogP contribution in [0, 0.1) is 12.7 Å². The summed E-state index contributed by atoms with van der Waals surface area (Å²) in [6, 6.07) is 11.0. The number of halogens is 1. The number of anilines is 1. The number of carbonyl (C=O) groups is 1. The van der Waals surface area contributed by atoms with Crippen LogP contribution in [0.2, 0.25) is 0 Å². The van der Waals surface area contributed by atoms with E-state index in [1.54, 1.807) is 24.3 Å². The van der Waals surface area contributed by atoms with Crippen molar-refractivity contribution in [2.75, 3.05) is 32.1 Å². The van der Waals surface area contributed by atoms with E-state index < -0.39 is 5.82 Å². The van der Waals surface area contributed by atoms with Gasteiger partial charge in [0.25, 0.3) is 5.91 Å². The molecule has 0 unspecified atom stereocenters. The van der Waals surface area contributed by atoms with Crippen LogP contribution in [-0.4, -0.2) is 52.9 Å². The summed E-state index contributed by atoms with van der Waals surface area (Å²) in [6.45, 7) is 5.25. The summed E-state index contributed by atoms with van der Waals surface area (Å²) >= 11 is 0. The van der Waals surface area contributed by atoms with Crippen molar-refractivity contribution in [1.82, 2.24) is 19.9 Å². The van der Waals surface area contributed by atoms with Gasteiger partial charge >= 0.3 is 0 Å². The smallest absolute Gasteiger partial charge is 0.254 e. The normalized spacial score (nSPS) is 18.2. The Hall–Kier alpha value is -3.55. The van der Waals surface area contributed by atoms with Crippen LogP contribution in [0.25, 0.3) is 0 Å². The molecule has 1 fully saturated rings. The summed E-state index contributed by atoms with van der Waals surface area (Å²) in [4.78, 5) is 30.8. The SMILES string of the molecule is Cc1cc(N(C)C)nc([C@@]2(C)CCCN(C(=O)c3ccnc(Oc4cccc(F)c4)c3)C2)n1. The molecule has 0 spiro atoms. The molecule has 1 aromatic carbocycles. The number of nitrogens with zero attached hydrogens (tertiary/aromatic N) is 5. The molecule has 3 aromatic rings. The number of rotatable bonds is 5. The quantitative estimate of drug-likeness (QED) is 0.576. The molecular formula is C25H28FN5O2. The first-order valence-corrected chi connectivity index (χ1v) is 11.0. The van der Waals surface area contributed by atoms with Gasteiger partial charge in [0.2, 0.25) is 5.88 Å². The molecule has 2 aromatic heterocycles. The fraction of sp³-hybridized carbons (Fsp3) is 0.360. The third-order valence-corrected chi connectivity index (χ3v) is 5.82. The number of benzene rings is 1. The molecule has 0 saturated carbocycles. The Balaban J connectivity index is 1.54. The Morgan fingerprint density at radius 2 is 2.00 bits per heavy atom. The van der Waals surface area contributed by atoms with E-state index in [0.29, 0.717) is 24.4 Å². The lowest BCUT2D eigenvalue weighted by Gasteiger charge is -2.39. The number of aryl methyl sites for hydroxylation is 1. The maximum Gasteiger partial charge on any atom is 0.254 e. The summed E-state index contributed by atoms with van der Waals surface area (Å²) in [5, 5.41) is 0. The first kappa shape index (κ1) is 22.6. The highest BCUT2D eigenvalue weighted by atomic mass is 19.1. The van der Waals surface area contributed by atoms with Crippen molar-refractivity contribution in [2.45, 2.75) is 32.1 Å². The fourth-order valence-electron chi connectivity index (χ4n) is 4.08. The highest BCUT2D eigenvalue weighted by Gasteiger charge is 2.37. The lowest BCUT2D eigenvalue weighted by Crippen LogP contribution is -2.48. The molecule has 0 radical (unpaired) electrons. The van der Waals surface area contributed by atoms with Crippen LogP contribution in [0.1, 0.15) is 41.6 Å². The molecule has 172 valence electrons. The summed E-state index contributed by atoms with van der Waals surface area (Å²) in [7, 11) is 3.91. The summed E-state index contributed by atoms with van der Waals surface area (Å²) in [5.74, 6) is 1.68. The average Bonchev–Trinajstić information content (AvgIpc) is 2.78. The largest absolute Gasteiger partial charge is 0.439 e. The molecule has 7 nitrogen and oxygen atoms in total. The average molecular weight is 450 g/mol. The fourth-order valence-corrected chi connectivity index (χ4v) is 4.08. The molecule has 1 aliphatic heterocycles. The van der Waals surface area contributed by atoms with Gasteiger partial charge in [0, 0.05) is 68.3 Å². The van der Waals surface area contributed by atoms with Crippen LogP contribution in [0.3, 0.4) is 0 Å². The highest BCUT2D eigenvalue weighted by Crippen LogP contribution is 2.33. The van der Waals surface area contributed by atoms with Crippen molar-refractivity contribution >= 4 is 11.7 Å². The zero-order valence-electron chi connectivity index (χ0n) is 19.4. The van der Waals surface area contributed by atoms with E-state index in [4.69, 9.17) is 14.7 Å². The number of hydrogen-bond donors (Lipinski definition) is 0. The maximum atomic E-state index is 13.5. The number of hydrogen-bond acceptors (Lipinski definition) is 6. The summed E-state index contributed by atoms with van der Waals surface area (Å²) in [5.41, 5.74) is 1.03. The third-order valence-electron chi connectivity index (χ3n) is 5.82. The Bertz CT molecular complexity index is 1170. The Morgan fingerprint density at radius 1 is 1.18 bits per heavy atom. The van der Waals surface area contributed by atoms with Gasteiger partial charge < -0.3 is 14.5 Å². The maximum absolute atomic E-state index is 13.5. The number of carbonyl (C=O) groups excluding carboxylic acids is 1.